The summed E-state index contributed by atoms with van der Waals surface area (Å²) in [5.41, 5.74) is 0.245. The van der Waals surface area contributed by atoms with Crippen LogP contribution in [0.2, 0.25) is 0 Å². The Labute approximate surface area is 126 Å². The Morgan fingerprint density at radius 1 is 1.00 bits per heavy atom. The summed E-state index contributed by atoms with van der Waals surface area (Å²) < 4.78 is 43.9. The molecule has 2 aromatic rings. The van der Waals surface area contributed by atoms with Gasteiger partial charge in [0.15, 0.2) is 0 Å². The van der Waals surface area contributed by atoms with Gasteiger partial charge >= 0.3 is 6.18 Å². The zero-order valence-corrected chi connectivity index (χ0v) is 11.7. The van der Waals surface area contributed by atoms with E-state index in [0.29, 0.717) is 11.4 Å². The van der Waals surface area contributed by atoms with Crippen molar-refractivity contribution in [3.63, 3.8) is 0 Å². The first-order valence-electron chi connectivity index (χ1n) is 6.73. The number of rotatable bonds is 6. The fourth-order valence-electron chi connectivity index (χ4n) is 1.98. The molecule has 0 fully saturated rings. The molecule has 0 amide bonds. The maximum atomic E-state index is 12.9. The molecule has 0 bridgehead atoms. The molecule has 0 aliphatic carbocycles. The highest BCUT2D eigenvalue weighted by molar-refractivity contribution is 5.47. The second-order valence-corrected chi connectivity index (χ2v) is 4.60. The molecule has 6 heteroatoms. The molecule has 0 radical (unpaired) electrons. The normalized spacial score (nSPS) is 11.3. The second-order valence-electron chi connectivity index (χ2n) is 4.60. The zero-order valence-electron chi connectivity index (χ0n) is 11.7. The minimum Gasteiger partial charge on any atom is -0.491 e. The molecule has 0 saturated carbocycles. The first-order chi connectivity index (χ1) is 10.5. The molecule has 0 spiro atoms. The summed E-state index contributed by atoms with van der Waals surface area (Å²) >= 11 is 0. The van der Waals surface area contributed by atoms with Gasteiger partial charge in [0.25, 0.3) is 0 Å². The van der Waals surface area contributed by atoms with Crippen molar-refractivity contribution in [2.24, 2.45) is 0 Å². The largest absolute Gasteiger partial charge is 0.491 e. The number of anilines is 1. The van der Waals surface area contributed by atoms with Gasteiger partial charge in [0, 0.05) is 12.2 Å². The monoisotopic (exact) mass is 311 g/mol. The Morgan fingerprint density at radius 2 is 1.68 bits per heavy atom. The van der Waals surface area contributed by atoms with Gasteiger partial charge in [-0.05, 0) is 35.9 Å². The Bertz CT molecular complexity index is 597. The minimum atomic E-state index is -4.36. The van der Waals surface area contributed by atoms with Crippen LogP contribution in [0.5, 0.6) is 5.75 Å². The number of nitrogens with one attached hydrogen (secondary N) is 1. The van der Waals surface area contributed by atoms with Gasteiger partial charge in [0.05, 0.1) is 12.2 Å². The smallest absolute Gasteiger partial charge is 0.416 e. The highest BCUT2D eigenvalue weighted by Crippen LogP contribution is 2.32. The van der Waals surface area contributed by atoms with Crippen molar-refractivity contribution < 1.29 is 23.0 Å². The van der Waals surface area contributed by atoms with Gasteiger partial charge in [0.1, 0.15) is 12.4 Å². The first kappa shape index (κ1) is 16.2. The molecule has 0 aliphatic rings. The molecule has 2 N–H and O–H groups in total. The molecule has 0 heterocycles. The van der Waals surface area contributed by atoms with Crippen LogP contribution in [0.15, 0.2) is 48.5 Å². The Morgan fingerprint density at radius 3 is 2.32 bits per heavy atom. The van der Waals surface area contributed by atoms with E-state index in [1.54, 1.807) is 30.3 Å². The third kappa shape index (κ3) is 4.39. The summed E-state index contributed by atoms with van der Waals surface area (Å²) in [7, 11) is 0. The molecule has 118 valence electrons. The Hall–Kier alpha value is -2.21. The number of benzene rings is 2. The summed E-state index contributed by atoms with van der Waals surface area (Å²) in [6.07, 6.45) is -4.36. The Kier molecular flexibility index (Phi) is 5.27. The van der Waals surface area contributed by atoms with Crippen molar-refractivity contribution in [2.45, 2.75) is 12.7 Å². The minimum absolute atomic E-state index is 0.0752. The molecule has 0 unspecified atom stereocenters. The van der Waals surface area contributed by atoms with Crippen LogP contribution in [0.4, 0.5) is 18.9 Å². The van der Waals surface area contributed by atoms with E-state index >= 15 is 0 Å². The van der Waals surface area contributed by atoms with E-state index in [9.17, 15) is 13.2 Å². The quantitative estimate of drug-likeness (QED) is 0.855. The van der Waals surface area contributed by atoms with Gasteiger partial charge in [-0.1, -0.05) is 18.2 Å². The molecule has 0 aliphatic heterocycles. The molecule has 2 rings (SSSR count). The maximum Gasteiger partial charge on any atom is 0.416 e. The summed E-state index contributed by atoms with van der Waals surface area (Å²) in [4.78, 5) is 0. The Balaban J connectivity index is 2.01. The van der Waals surface area contributed by atoms with Gasteiger partial charge in [-0.3, -0.25) is 0 Å². The van der Waals surface area contributed by atoms with E-state index in [1.165, 1.54) is 12.1 Å². The fraction of sp³-hybridized carbons (Fsp3) is 0.250. The lowest BCUT2D eigenvalue weighted by Crippen LogP contribution is -2.11. The number of halogens is 3. The molecule has 0 aromatic heterocycles. The number of hydrogen-bond acceptors (Lipinski definition) is 3. The van der Waals surface area contributed by atoms with Gasteiger partial charge in [-0.15, -0.1) is 0 Å². The molecule has 2 aromatic carbocycles. The van der Waals surface area contributed by atoms with Gasteiger partial charge in [0.2, 0.25) is 0 Å². The summed E-state index contributed by atoms with van der Waals surface area (Å²) in [5.74, 6) is 0.593. The van der Waals surface area contributed by atoms with Crippen molar-refractivity contribution in [1.29, 1.82) is 0 Å². The molecule has 22 heavy (non-hydrogen) atoms. The molecule has 3 nitrogen and oxygen atoms in total. The van der Waals surface area contributed by atoms with Crippen LogP contribution in [0.25, 0.3) is 0 Å². The number of alkyl halides is 3. The van der Waals surface area contributed by atoms with Gasteiger partial charge < -0.3 is 15.2 Å². The molecule has 0 saturated heterocycles. The van der Waals surface area contributed by atoms with Crippen LogP contribution in [-0.2, 0) is 12.7 Å². The van der Waals surface area contributed by atoms with Crippen LogP contribution in [0.3, 0.4) is 0 Å². The van der Waals surface area contributed by atoms with Gasteiger partial charge in [-0.25, -0.2) is 0 Å². The van der Waals surface area contributed by atoms with Crippen LogP contribution >= 0.6 is 0 Å². The van der Waals surface area contributed by atoms with Gasteiger partial charge in [-0.2, -0.15) is 13.2 Å². The third-order valence-corrected chi connectivity index (χ3v) is 3.02. The zero-order chi connectivity index (χ0) is 16.0. The van der Waals surface area contributed by atoms with E-state index in [-0.39, 0.29) is 25.3 Å². The third-order valence-electron chi connectivity index (χ3n) is 3.02. The van der Waals surface area contributed by atoms with Crippen LogP contribution < -0.4 is 10.1 Å². The molecular formula is C16H16F3NO2. The van der Waals surface area contributed by atoms with E-state index < -0.39 is 11.7 Å². The van der Waals surface area contributed by atoms with E-state index in [0.717, 1.165) is 6.07 Å². The SMILES string of the molecule is OCCOc1ccc(NCc2ccccc2C(F)(F)F)cc1. The van der Waals surface area contributed by atoms with Crippen molar-refractivity contribution in [2.75, 3.05) is 18.5 Å². The first-order valence-corrected chi connectivity index (χ1v) is 6.73. The van der Waals surface area contributed by atoms with Crippen LogP contribution in [0.1, 0.15) is 11.1 Å². The highest BCUT2D eigenvalue weighted by atomic mass is 19.4. The van der Waals surface area contributed by atoms with Crippen molar-refractivity contribution >= 4 is 5.69 Å². The van der Waals surface area contributed by atoms with Crippen molar-refractivity contribution in [1.82, 2.24) is 0 Å². The molecular weight excluding hydrogens is 295 g/mol. The predicted octanol–water partition coefficient (Wildman–Crippen LogP) is 3.69. The highest BCUT2D eigenvalue weighted by Gasteiger charge is 2.32. The second kappa shape index (κ2) is 7.17. The maximum absolute atomic E-state index is 12.9. The fourth-order valence-corrected chi connectivity index (χ4v) is 1.98. The predicted molar refractivity (Wildman–Crippen MR) is 77.8 cm³/mol. The van der Waals surface area contributed by atoms with Crippen LogP contribution in [-0.4, -0.2) is 18.3 Å². The van der Waals surface area contributed by atoms with E-state index in [1.807, 2.05) is 0 Å². The summed E-state index contributed by atoms with van der Waals surface area (Å²) in [5, 5.41) is 11.6. The average molecular weight is 311 g/mol. The lowest BCUT2D eigenvalue weighted by atomic mass is 10.1. The van der Waals surface area contributed by atoms with E-state index in [4.69, 9.17) is 9.84 Å². The lowest BCUT2D eigenvalue weighted by molar-refractivity contribution is -0.138. The topological polar surface area (TPSA) is 41.5 Å². The summed E-state index contributed by atoms with van der Waals surface area (Å²) in [6.45, 7) is 0.201. The lowest BCUT2D eigenvalue weighted by Gasteiger charge is -2.14. The number of aliphatic hydroxyl groups is 1. The molecule has 0 atom stereocenters. The number of aliphatic hydroxyl groups excluding tert-OH is 1. The van der Waals surface area contributed by atoms with Crippen LogP contribution in [0, 0.1) is 0 Å². The number of ether oxygens (including phenoxy) is 1. The summed E-state index contributed by atoms with van der Waals surface area (Å²) in [6, 6.07) is 12.3. The average Bonchev–Trinajstić information content (AvgIpc) is 2.51. The van der Waals surface area contributed by atoms with Crippen molar-refractivity contribution in [3.8, 4) is 5.75 Å². The van der Waals surface area contributed by atoms with Crippen molar-refractivity contribution in [3.05, 3.63) is 59.7 Å². The number of hydrogen-bond donors (Lipinski definition) is 2. The standard InChI is InChI=1S/C16H16F3NO2/c17-16(18,19)15-4-2-1-3-12(15)11-20-13-5-7-14(8-6-13)22-10-9-21/h1-8,20-21H,9-11H2. The van der Waals surface area contributed by atoms with E-state index in [2.05, 4.69) is 5.32 Å².